The number of aromatic nitrogens is 1. The van der Waals surface area contributed by atoms with Crippen LogP contribution >= 0.6 is 11.6 Å². The maximum absolute atomic E-state index is 6.13. The fourth-order valence-electron chi connectivity index (χ4n) is 2.04. The molecule has 2 rings (SSSR count). The molecule has 1 aromatic heterocycles. The normalized spacial score (nSPS) is 20.1. The van der Waals surface area contributed by atoms with Gasteiger partial charge < -0.3 is 14.5 Å². The molecule has 110 valence electrons. The molecule has 5 nitrogen and oxygen atoms in total. The predicted octanol–water partition coefficient (Wildman–Crippen LogP) is 2.57. The van der Waals surface area contributed by atoms with E-state index in [1.165, 1.54) is 0 Å². The lowest BCUT2D eigenvalue weighted by Gasteiger charge is -2.34. The van der Waals surface area contributed by atoms with Gasteiger partial charge in [0.25, 0.3) is 0 Å². The number of ether oxygens (including phenoxy) is 1. The average Bonchev–Trinajstić information content (AvgIpc) is 2.38. The van der Waals surface area contributed by atoms with E-state index in [-0.39, 0.29) is 0 Å². The summed E-state index contributed by atoms with van der Waals surface area (Å²) in [6.07, 6.45) is 0. The SMILES string of the molecule is CC(=Nc1cc(Cl)nc(N2CCOC[C@H]2C)c1)N(C)C. The highest BCUT2D eigenvalue weighted by atomic mass is 35.5. The number of anilines is 1. The van der Waals surface area contributed by atoms with Crippen molar-refractivity contribution in [1.29, 1.82) is 0 Å². The third-order valence-corrected chi connectivity index (χ3v) is 3.56. The van der Waals surface area contributed by atoms with Crippen molar-refractivity contribution >= 4 is 28.9 Å². The fourth-order valence-corrected chi connectivity index (χ4v) is 2.23. The third kappa shape index (κ3) is 3.61. The zero-order valence-corrected chi connectivity index (χ0v) is 13.2. The highest BCUT2D eigenvalue weighted by Gasteiger charge is 2.20. The molecule has 0 radical (unpaired) electrons. The van der Waals surface area contributed by atoms with Crippen molar-refractivity contribution in [3.8, 4) is 0 Å². The van der Waals surface area contributed by atoms with Gasteiger partial charge >= 0.3 is 0 Å². The molecule has 0 N–H and O–H groups in total. The van der Waals surface area contributed by atoms with E-state index in [2.05, 4.69) is 21.8 Å². The van der Waals surface area contributed by atoms with Crippen molar-refractivity contribution < 1.29 is 4.74 Å². The second-order valence-corrected chi connectivity index (χ2v) is 5.56. The van der Waals surface area contributed by atoms with E-state index in [0.717, 1.165) is 23.9 Å². The van der Waals surface area contributed by atoms with Crippen LogP contribution in [-0.2, 0) is 4.74 Å². The average molecular weight is 297 g/mol. The number of morpholine rings is 1. The van der Waals surface area contributed by atoms with Crippen LogP contribution in [0.2, 0.25) is 5.15 Å². The molecule has 1 saturated heterocycles. The second-order valence-electron chi connectivity index (χ2n) is 5.18. The lowest BCUT2D eigenvalue weighted by molar-refractivity contribution is 0.0985. The van der Waals surface area contributed by atoms with Crippen LogP contribution in [0.25, 0.3) is 0 Å². The van der Waals surface area contributed by atoms with Gasteiger partial charge in [0, 0.05) is 32.8 Å². The van der Waals surface area contributed by atoms with E-state index in [4.69, 9.17) is 16.3 Å². The largest absolute Gasteiger partial charge is 0.377 e. The molecule has 0 aliphatic carbocycles. The summed E-state index contributed by atoms with van der Waals surface area (Å²) in [6.45, 7) is 6.34. The number of amidine groups is 1. The third-order valence-electron chi connectivity index (χ3n) is 3.37. The van der Waals surface area contributed by atoms with Crippen LogP contribution in [-0.4, -0.2) is 55.6 Å². The van der Waals surface area contributed by atoms with Gasteiger partial charge in [0.05, 0.1) is 24.9 Å². The molecule has 2 heterocycles. The Morgan fingerprint density at radius 1 is 1.50 bits per heavy atom. The number of halogens is 1. The molecule has 20 heavy (non-hydrogen) atoms. The molecule has 0 spiro atoms. The summed E-state index contributed by atoms with van der Waals surface area (Å²) < 4.78 is 5.45. The van der Waals surface area contributed by atoms with Crippen molar-refractivity contribution in [1.82, 2.24) is 9.88 Å². The molecule has 1 aliphatic rings. The monoisotopic (exact) mass is 296 g/mol. The van der Waals surface area contributed by atoms with E-state index in [1.54, 1.807) is 6.07 Å². The Labute approximate surface area is 125 Å². The summed E-state index contributed by atoms with van der Waals surface area (Å²) in [5, 5.41) is 0.464. The molecule has 6 heteroatoms. The zero-order valence-electron chi connectivity index (χ0n) is 12.4. The highest BCUT2D eigenvalue weighted by molar-refractivity contribution is 6.29. The minimum Gasteiger partial charge on any atom is -0.377 e. The van der Waals surface area contributed by atoms with Gasteiger partial charge in [-0.25, -0.2) is 9.98 Å². The Morgan fingerprint density at radius 3 is 2.90 bits per heavy atom. The van der Waals surface area contributed by atoms with E-state index >= 15 is 0 Å². The predicted molar refractivity (Wildman–Crippen MR) is 83.3 cm³/mol. The maximum Gasteiger partial charge on any atom is 0.133 e. The van der Waals surface area contributed by atoms with Crippen molar-refractivity contribution in [3.63, 3.8) is 0 Å². The first-order valence-corrected chi connectivity index (χ1v) is 7.10. The number of rotatable bonds is 2. The van der Waals surface area contributed by atoms with E-state index in [0.29, 0.717) is 24.4 Å². The number of nitrogens with zero attached hydrogens (tertiary/aromatic N) is 4. The number of hydrogen-bond acceptors (Lipinski definition) is 4. The first kappa shape index (κ1) is 15.1. The van der Waals surface area contributed by atoms with Crippen LogP contribution < -0.4 is 4.90 Å². The van der Waals surface area contributed by atoms with Crippen molar-refractivity contribution in [2.24, 2.45) is 4.99 Å². The Bertz CT molecular complexity index is 504. The summed E-state index contributed by atoms with van der Waals surface area (Å²) in [5.74, 6) is 1.78. The Morgan fingerprint density at radius 2 is 2.25 bits per heavy atom. The topological polar surface area (TPSA) is 41.0 Å². The molecule has 1 atom stereocenters. The number of aliphatic imine (C=N–C) groups is 1. The lowest BCUT2D eigenvalue weighted by Crippen LogP contribution is -2.44. The van der Waals surface area contributed by atoms with Crippen LogP contribution in [0.3, 0.4) is 0 Å². The Kier molecular flexibility index (Phi) is 4.83. The summed E-state index contributed by atoms with van der Waals surface area (Å²) >= 11 is 6.13. The van der Waals surface area contributed by atoms with Crippen molar-refractivity contribution in [3.05, 3.63) is 17.3 Å². The van der Waals surface area contributed by atoms with Gasteiger partial charge in [-0.3, -0.25) is 0 Å². The van der Waals surface area contributed by atoms with Crippen molar-refractivity contribution in [2.45, 2.75) is 19.9 Å². The van der Waals surface area contributed by atoms with E-state index < -0.39 is 0 Å². The van der Waals surface area contributed by atoms with E-state index in [9.17, 15) is 0 Å². The number of hydrogen-bond donors (Lipinski definition) is 0. The van der Waals surface area contributed by atoms with Gasteiger partial charge in [-0.1, -0.05) is 11.6 Å². The lowest BCUT2D eigenvalue weighted by atomic mass is 10.2. The molecular formula is C14H21ClN4O. The molecule has 0 unspecified atom stereocenters. The summed E-state index contributed by atoms with van der Waals surface area (Å²) in [4.78, 5) is 13.1. The Balaban J connectivity index is 2.31. The minimum atomic E-state index is 0.293. The van der Waals surface area contributed by atoms with Crippen LogP contribution in [0.1, 0.15) is 13.8 Å². The minimum absolute atomic E-state index is 0.293. The Hall–Kier alpha value is -1.33. The smallest absolute Gasteiger partial charge is 0.133 e. The van der Waals surface area contributed by atoms with Gasteiger partial charge in [-0.05, 0) is 13.8 Å². The van der Waals surface area contributed by atoms with Crippen LogP contribution in [0.15, 0.2) is 17.1 Å². The molecular weight excluding hydrogens is 276 g/mol. The quantitative estimate of drug-likeness (QED) is 0.478. The summed E-state index contributed by atoms with van der Waals surface area (Å²) in [7, 11) is 3.93. The van der Waals surface area contributed by atoms with Gasteiger partial charge in [0.15, 0.2) is 0 Å². The first-order chi connectivity index (χ1) is 9.47. The van der Waals surface area contributed by atoms with Crippen LogP contribution in [0, 0.1) is 0 Å². The van der Waals surface area contributed by atoms with Gasteiger partial charge in [0.2, 0.25) is 0 Å². The zero-order chi connectivity index (χ0) is 14.7. The standard InChI is InChI=1S/C14H21ClN4O/c1-10-9-20-6-5-19(10)14-8-12(7-13(15)17-14)16-11(2)18(3)4/h7-8,10H,5-6,9H2,1-4H3/t10-/m1/s1. The maximum atomic E-state index is 6.13. The molecule has 1 aromatic rings. The van der Waals surface area contributed by atoms with Crippen LogP contribution in [0.4, 0.5) is 11.5 Å². The second kappa shape index (κ2) is 6.41. The molecule has 0 aromatic carbocycles. The van der Waals surface area contributed by atoms with Gasteiger partial charge in [-0.2, -0.15) is 0 Å². The molecule has 1 aliphatic heterocycles. The van der Waals surface area contributed by atoms with Gasteiger partial charge in [-0.15, -0.1) is 0 Å². The highest BCUT2D eigenvalue weighted by Crippen LogP contribution is 2.26. The molecule has 0 saturated carbocycles. The molecule has 0 bridgehead atoms. The van der Waals surface area contributed by atoms with Crippen LogP contribution in [0.5, 0.6) is 0 Å². The molecule has 1 fully saturated rings. The van der Waals surface area contributed by atoms with Gasteiger partial charge in [0.1, 0.15) is 16.8 Å². The first-order valence-electron chi connectivity index (χ1n) is 6.72. The van der Waals surface area contributed by atoms with Crippen molar-refractivity contribution in [2.75, 3.05) is 38.8 Å². The number of pyridine rings is 1. The molecule has 0 amide bonds. The fraction of sp³-hybridized carbons (Fsp3) is 0.571. The summed E-state index contributed by atoms with van der Waals surface area (Å²) in [5.41, 5.74) is 0.824. The summed E-state index contributed by atoms with van der Waals surface area (Å²) in [6, 6.07) is 4.05. The van der Waals surface area contributed by atoms with E-state index in [1.807, 2.05) is 32.0 Å².